The van der Waals surface area contributed by atoms with Crippen molar-refractivity contribution in [2.24, 2.45) is 0 Å². The molecular weight excluding hydrogens is 264 g/mol. The zero-order valence-electron chi connectivity index (χ0n) is 12.6. The minimum Gasteiger partial charge on any atom is -0.356 e. The van der Waals surface area contributed by atoms with Gasteiger partial charge < -0.3 is 9.88 Å². The number of carbonyl (C=O) groups is 2. The molecule has 1 amide bonds. The highest BCUT2D eigenvalue weighted by Gasteiger charge is 2.21. The summed E-state index contributed by atoms with van der Waals surface area (Å²) < 4.78 is 0. The summed E-state index contributed by atoms with van der Waals surface area (Å²) in [5.74, 6) is -0.147. The van der Waals surface area contributed by atoms with Crippen molar-refractivity contribution in [3.63, 3.8) is 0 Å². The fraction of sp³-hybridized carbons (Fsp3) is 0.294. The fourth-order valence-corrected chi connectivity index (χ4v) is 2.14. The number of ketones is 1. The first-order valence-corrected chi connectivity index (χ1v) is 7.03. The smallest absolute Gasteiger partial charge is 0.270 e. The Bertz CT molecular complexity index is 629. The van der Waals surface area contributed by atoms with Gasteiger partial charge in [0.05, 0.1) is 0 Å². The summed E-state index contributed by atoms with van der Waals surface area (Å²) in [7, 11) is 0. The lowest BCUT2D eigenvalue weighted by atomic mass is 10.1. The predicted octanol–water partition coefficient (Wildman–Crippen LogP) is 3.27. The normalized spacial score (nSPS) is 10.7. The van der Waals surface area contributed by atoms with Crippen molar-refractivity contribution < 1.29 is 9.59 Å². The summed E-state index contributed by atoms with van der Waals surface area (Å²) in [4.78, 5) is 28.6. The van der Waals surface area contributed by atoms with Gasteiger partial charge in [0.2, 0.25) is 0 Å². The van der Waals surface area contributed by atoms with E-state index in [9.17, 15) is 9.59 Å². The zero-order valence-corrected chi connectivity index (χ0v) is 12.6. The number of rotatable bonds is 5. The van der Waals surface area contributed by atoms with Gasteiger partial charge in [0.25, 0.3) is 5.91 Å². The molecule has 1 heterocycles. The molecule has 4 nitrogen and oxygen atoms in total. The molecule has 0 aliphatic rings. The number of aromatic nitrogens is 1. The van der Waals surface area contributed by atoms with Crippen LogP contribution in [0.5, 0.6) is 0 Å². The van der Waals surface area contributed by atoms with Crippen LogP contribution in [0.3, 0.4) is 0 Å². The van der Waals surface area contributed by atoms with Crippen molar-refractivity contribution in [3.05, 3.63) is 59.4 Å². The number of amides is 1. The van der Waals surface area contributed by atoms with Crippen molar-refractivity contribution >= 4 is 11.7 Å². The predicted molar refractivity (Wildman–Crippen MR) is 82.2 cm³/mol. The molecule has 0 aliphatic carbocycles. The Labute approximate surface area is 124 Å². The van der Waals surface area contributed by atoms with Crippen LogP contribution in [0.4, 0.5) is 0 Å². The maximum Gasteiger partial charge on any atom is 0.270 e. The lowest BCUT2D eigenvalue weighted by molar-refractivity contribution is 0.0685. The lowest BCUT2D eigenvalue weighted by Gasteiger charge is -2.26. The van der Waals surface area contributed by atoms with Gasteiger partial charge in [-0.2, -0.15) is 0 Å². The molecule has 1 aromatic heterocycles. The number of nitrogens with zero attached hydrogens (tertiary/aromatic N) is 1. The van der Waals surface area contributed by atoms with Crippen LogP contribution in [0.25, 0.3) is 0 Å². The molecule has 21 heavy (non-hydrogen) atoms. The molecule has 0 unspecified atom stereocenters. The lowest BCUT2D eigenvalue weighted by Crippen LogP contribution is -2.36. The third-order valence-corrected chi connectivity index (χ3v) is 3.40. The van der Waals surface area contributed by atoms with Crippen LogP contribution in [-0.4, -0.2) is 27.6 Å². The number of H-pyrrole nitrogens is 1. The maximum absolute atomic E-state index is 12.6. The Hall–Kier alpha value is -2.36. The first-order valence-electron chi connectivity index (χ1n) is 7.03. The quantitative estimate of drug-likeness (QED) is 0.857. The van der Waals surface area contributed by atoms with E-state index in [1.54, 1.807) is 17.2 Å². The van der Waals surface area contributed by atoms with E-state index in [2.05, 4.69) is 4.98 Å². The Balaban J connectivity index is 2.21. The molecular formula is C17H20N2O2. The number of hydrogen-bond acceptors (Lipinski definition) is 2. The monoisotopic (exact) mass is 284 g/mol. The highest BCUT2D eigenvalue weighted by Crippen LogP contribution is 2.14. The second-order valence-corrected chi connectivity index (χ2v) is 5.37. The van der Waals surface area contributed by atoms with Crippen molar-refractivity contribution in [3.8, 4) is 0 Å². The van der Waals surface area contributed by atoms with Crippen LogP contribution in [0.15, 0.2) is 42.6 Å². The first kappa shape index (κ1) is 15.0. The first-order chi connectivity index (χ1) is 9.99. The Morgan fingerprint density at radius 3 is 2.38 bits per heavy atom. The zero-order chi connectivity index (χ0) is 15.4. The number of hydrogen-bond donors (Lipinski definition) is 1. The largest absolute Gasteiger partial charge is 0.356 e. The van der Waals surface area contributed by atoms with Gasteiger partial charge in [-0.3, -0.25) is 9.59 Å². The number of aromatic amines is 1. The molecule has 4 heteroatoms. The number of nitrogens with one attached hydrogen (secondary N) is 1. The van der Waals surface area contributed by atoms with Crippen LogP contribution in [0, 0.1) is 0 Å². The molecule has 0 atom stereocenters. The van der Waals surface area contributed by atoms with E-state index in [-0.39, 0.29) is 17.7 Å². The molecule has 0 saturated heterocycles. The van der Waals surface area contributed by atoms with Crippen molar-refractivity contribution in [2.75, 3.05) is 0 Å². The van der Waals surface area contributed by atoms with E-state index in [4.69, 9.17) is 0 Å². The number of Topliss-reactive ketones (excluding diaryl/α,β-unsaturated/α-hetero) is 1. The van der Waals surface area contributed by atoms with Crippen LogP contribution in [0.2, 0.25) is 0 Å². The molecule has 0 fully saturated rings. The van der Waals surface area contributed by atoms with Crippen LogP contribution < -0.4 is 0 Å². The SMILES string of the molecule is CC(=O)c1c[nH]c(C(=O)N(Cc2ccccc2)C(C)C)c1. The highest BCUT2D eigenvalue weighted by atomic mass is 16.2. The van der Waals surface area contributed by atoms with Crippen LogP contribution >= 0.6 is 0 Å². The average Bonchev–Trinajstić information content (AvgIpc) is 2.95. The van der Waals surface area contributed by atoms with Crippen molar-refractivity contribution in [1.29, 1.82) is 0 Å². The molecule has 0 saturated carbocycles. The van der Waals surface area contributed by atoms with Gasteiger partial charge in [0, 0.05) is 24.3 Å². The van der Waals surface area contributed by atoms with E-state index >= 15 is 0 Å². The Morgan fingerprint density at radius 1 is 1.19 bits per heavy atom. The Morgan fingerprint density at radius 2 is 1.86 bits per heavy atom. The van der Waals surface area contributed by atoms with Gasteiger partial charge in [-0.05, 0) is 32.4 Å². The fourth-order valence-electron chi connectivity index (χ4n) is 2.14. The van der Waals surface area contributed by atoms with E-state index in [0.29, 0.717) is 17.8 Å². The summed E-state index contributed by atoms with van der Waals surface area (Å²) in [5.41, 5.74) is 2.06. The topological polar surface area (TPSA) is 53.2 Å². The third-order valence-electron chi connectivity index (χ3n) is 3.40. The molecule has 2 rings (SSSR count). The van der Waals surface area contributed by atoms with E-state index in [1.165, 1.54) is 6.92 Å². The van der Waals surface area contributed by atoms with Gasteiger partial charge in [0.1, 0.15) is 5.69 Å². The average molecular weight is 284 g/mol. The van der Waals surface area contributed by atoms with E-state index in [1.807, 2.05) is 44.2 Å². The standard InChI is InChI=1S/C17H20N2O2/c1-12(2)19(11-14-7-5-4-6-8-14)17(21)16-9-15(10-18-16)13(3)20/h4-10,12,18H,11H2,1-3H3. The summed E-state index contributed by atoms with van der Waals surface area (Å²) >= 11 is 0. The van der Waals surface area contributed by atoms with Crippen LogP contribution in [-0.2, 0) is 6.54 Å². The van der Waals surface area contributed by atoms with Crippen molar-refractivity contribution in [1.82, 2.24) is 9.88 Å². The molecule has 2 aromatic rings. The van der Waals surface area contributed by atoms with Gasteiger partial charge >= 0.3 is 0 Å². The van der Waals surface area contributed by atoms with Gasteiger partial charge in [0.15, 0.2) is 5.78 Å². The second-order valence-electron chi connectivity index (χ2n) is 5.37. The third kappa shape index (κ3) is 3.60. The molecule has 0 radical (unpaired) electrons. The second kappa shape index (κ2) is 6.39. The Kier molecular flexibility index (Phi) is 4.58. The maximum atomic E-state index is 12.6. The van der Waals surface area contributed by atoms with Gasteiger partial charge in [-0.1, -0.05) is 30.3 Å². The summed E-state index contributed by atoms with van der Waals surface area (Å²) in [6.45, 7) is 6.00. The molecule has 1 aromatic carbocycles. The van der Waals surface area contributed by atoms with Gasteiger partial charge in [-0.25, -0.2) is 0 Å². The highest BCUT2D eigenvalue weighted by molar-refractivity contribution is 5.99. The molecule has 0 spiro atoms. The van der Waals surface area contributed by atoms with E-state index < -0.39 is 0 Å². The summed E-state index contributed by atoms with van der Waals surface area (Å²) in [6.07, 6.45) is 1.58. The minimum absolute atomic E-state index is 0.0514. The molecule has 110 valence electrons. The summed E-state index contributed by atoms with van der Waals surface area (Å²) in [5, 5.41) is 0. The number of benzene rings is 1. The summed E-state index contributed by atoms with van der Waals surface area (Å²) in [6, 6.07) is 11.6. The minimum atomic E-state index is -0.0960. The van der Waals surface area contributed by atoms with E-state index in [0.717, 1.165) is 5.56 Å². The van der Waals surface area contributed by atoms with Crippen LogP contribution in [0.1, 0.15) is 47.2 Å². The molecule has 0 aliphatic heterocycles. The number of carbonyl (C=O) groups excluding carboxylic acids is 2. The molecule has 0 bridgehead atoms. The van der Waals surface area contributed by atoms with Crippen molar-refractivity contribution in [2.45, 2.75) is 33.4 Å². The molecule has 1 N–H and O–H groups in total. The van der Waals surface area contributed by atoms with Gasteiger partial charge in [-0.15, -0.1) is 0 Å².